The first-order valence-electron chi connectivity index (χ1n) is 12.0. The molecule has 0 bridgehead atoms. The third-order valence-corrected chi connectivity index (χ3v) is 7.01. The average molecular weight is 557 g/mol. The zero-order chi connectivity index (χ0) is 23.7. The first-order chi connectivity index (χ1) is 16.5. The summed E-state index contributed by atoms with van der Waals surface area (Å²) in [5.41, 5.74) is 10.9. The van der Waals surface area contributed by atoms with Crippen LogP contribution in [0.25, 0.3) is 43.8 Å². The van der Waals surface area contributed by atoms with E-state index in [0.717, 1.165) is 0 Å². The molecule has 0 heterocycles. The van der Waals surface area contributed by atoms with Crippen LogP contribution in [0.2, 0.25) is 0 Å². The Morgan fingerprint density at radius 2 is 0.757 bits per heavy atom. The van der Waals surface area contributed by atoms with E-state index in [1.165, 1.54) is 66.1 Å². The summed E-state index contributed by atoms with van der Waals surface area (Å²) in [6.45, 7) is 8.77. The van der Waals surface area contributed by atoms with Crippen LogP contribution in [0.5, 0.6) is 0 Å². The van der Waals surface area contributed by atoms with Gasteiger partial charge in [0.05, 0.1) is 0 Å². The first kappa shape index (κ1) is 30.6. The molecule has 0 amide bonds. The van der Waals surface area contributed by atoms with Crippen molar-refractivity contribution in [3.63, 3.8) is 0 Å². The van der Waals surface area contributed by atoms with E-state index in [0.29, 0.717) is 0 Å². The van der Waals surface area contributed by atoms with Gasteiger partial charge in [0.1, 0.15) is 0 Å². The van der Waals surface area contributed by atoms with Gasteiger partial charge in [-0.25, -0.2) is 0 Å². The van der Waals surface area contributed by atoms with Gasteiger partial charge in [0, 0.05) is 0 Å². The Morgan fingerprint density at radius 3 is 1.11 bits per heavy atom. The fourth-order valence-corrected chi connectivity index (χ4v) is 5.06. The smallest absolute Gasteiger partial charge is 1.00 e. The minimum Gasteiger partial charge on any atom is -1.00 e. The molecular weight excluding hydrogens is 527 g/mol. The standard InChI is InChI=1S/2C17H15.2ClH.Ti/c2*1-12-7-3-5-9-15(12)17-11-14-8-4-6-10-16(14)13(17)2;;;/h2*3-11H,1-2H3;2*1H;/q2*-1;;;+4/p-2. The molecule has 6 rings (SSSR count). The maximum atomic E-state index is 2.30. The topological polar surface area (TPSA) is 0 Å². The Balaban J connectivity index is 0.000000241. The summed E-state index contributed by atoms with van der Waals surface area (Å²) in [6.07, 6.45) is 0. The molecule has 184 valence electrons. The van der Waals surface area contributed by atoms with Crippen LogP contribution in [-0.2, 0) is 21.7 Å². The van der Waals surface area contributed by atoms with Gasteiger partial charge in [-0.1, -0.05) is 121 Å². The number of hydrogen-bond acceptors (Lipinski definition) is 0. The Morgan fingerprint density at radius 1 is 0.432 bits per heavy atom. The second-order valence-electron chi connectivity index (χ2n) is 9.17. The van der Waals surface area contributed by atoms with Gasteiger partial charge >= 0.3 is 21.7 Å². The summed E-state index contributed by atoms with van der Waals surface area (Å²) in [5.74, 6) is 0. The van der Waals surface area contributed by atoms with Crippen molar-refractivity contribution in [1.29, 1.82) is 0 Å². The average Bonchev–Trinajstić information content (AvgIpc) is 3.37. The Bertz CT molecular complexity index is 1480. The van der Waals surface area contributed by atoms with Gasteiger partial charge in [0.25, 0.3) is 0 Å². The van der Waals surface area contributed by atoms with E-state index >= 15 is 0 Å². The number of benzene rings is 4. The van der Waals surface area contributed by atoms with Crippen molar-refractivity contribution in [1.82, 2.24) is 0 Å². The second-order valence-corrected chi connectivity index (χ2v) is 9.17. The van der Waals surface area contributed by atoms with Gasteiger partial charge in [-0.2, -0.15) is 0 Å². The summed E-state index contributed by atoms with van der Waals surface area (Å²) in [7, 11) is 0. The Labute approximate surface area is 248 Å². The molecule has 3 heteroatoms. The molecule has 0 fully saturated rings. The third kappa shape index (κ3) is 6.11. The zero-order valence-corrected chi connectivity index (χ0v) is 24.7. The third-order valence-electron chi connectivity index (χ3n) is 7.01. The van der Waals surface area contributed by atoms with Crippen LogP contribution in [0, 0.1) is 27.7 Å². The van der Waals surface area contributed by atoms with Crippen molar-refractivity contribution in [3.8, 4) is 22.3 Å². The molecule has 37 heavy (non-hydrogen) atoms. The van der Waals surface area contributed by atoms with E-state index in [9.17, 15) is 0 Å². The van der Waals surface area contributed by atoms with Crippen molar-refractivity contribution in [3.05, 3.63) is 131 Å². The fraction of sp³-hybridized carbons (Fsp3) is 0.118. The predicted molar refractivity (Wildman–Crippen MR) is 149 cm³/mol. The van der Waals surface area contributed by atoms with Gasteiger partial charge in [0.15, 0.2) is 0 Å². The molecule has 6 aromatic carbocycles. The van der Waals surface area contributed by atoms with E-state index in [1.807, 2.05) is 0 Å². The van der Waals surface area contributed by atoms with Crippen LogP contribution >= 0.6 is 0 Å². The molecular formula is C34H30Cl2Ti. The van der Waals surface area contributed by atoms with Crippen molar-refractivity contribution < 1.29 is 46.5 Å². The van der Waals surface area contributed by atoms with Crippen molar-refractivity contribution >= 4 is 21.5 Å². The maximum absolute atomic E-state index is 2.30. The van der Waals surface area contributed by atoms with Crippen LogP contribution in [-0.4, -0.2) is 0 Å². The fourth-order valence-electron chi connectivity index (χ4n) is 5.06. The molecule has 0 spiro atoms. The largest absolute Gasteiger partial charge is 4.00 e. The van der Waals surface area contributed by atoms with Gasteiger partial charge < -0.3 is 24.8 Å². The first-order valence-corrected chi connectivity index (χ1v) is 12.0. The van der Waals surface area contributed by atoms with E-state index < -0.39 is 0 Å². The SMILES string of the molecule is Cc1ccccc1-c1[cH-]c2ccccc2c1C.Cc1ccccc1-c1[cH-]c2ccccc2c1C.[Cl-].[Cl-].[Ti+4]. The van der Waals surface area contributed by atoms with Gasteiger partial charge in [-0.3, -0.25) is 0 Å². The van der Waals surface area contributed by atoms with Crippen molar-refractivity contribution in [2.24, 2.45) is 0 Å². The molecule has 0 aliphatic rings. The molecule has 0 nitrogen and oxygen atoms in total. The van der Waals surface area contributed by atoms with Crippen LogP contribution in [0.3, 0.4) is 0 Å². The molecule has 0 radical (unpaired) electrons. The summed E-state index contributed by atoms with van der Waals surface area (Å²) in [5, 5.41) is 5.41. The monoisotopic (exact) mass is 556 g/mol. The number of rotatable bonds is 2. The van der Waals surface area contributed by atoms with Crippen LogP contribution in [0.4, 0.5) is 0 Å². The zero-order valence-electron chi connectivity index (χ0n) is 21.6. The minimum absolute atomic E-state index is 0. The summed E-state index contributed by atoms with van der Waals surface area (Å²) < 4.78 is 0. The predicted octanol–water partition coefficient (Wildman–Crippen LogP) is 3.69. The summed E-state index contributed by atoms with van der Waals surface area (Å²) in [4.78, 5) is 0. The van der Waals surface area contributed by atoms with E-state index in [4.69, 9.17) is 0 Å². The molecule has 0 saturated heterocycles. The number of halogens is 2. The minimum atomic E-state index is 0. The molecule has 0 aliphatic carbocycles. The Hall–Kier alpha value is -2.61. The molecule has 6 aromatic rings. The van der Waals surface area contributed by atoms with Crippen molar-refractivity contribution in [2.75, 3.05) is 0 Å². The van der Waals surface area contributed by atoms with E-state index in [2.05, 4.69) is 137 Å². The summed E-state index contributed by atoms with van der Waals surface area (Å²) in [6, 6.07) is 39.0. The Kier molecular flexibility index (Phi) is 11.0. The summed E-state index contributed by atoms with van der Waals surface area (Å²) >= 11 is 0. The van der Waals surface area contributed by atoms with Gasteiger partial charge in [-0.15, -0.1) is 68.1 Å². The maximum Gasteiger partial charge on any atom is 4.00 e. The van der Waals surface area contributed by atoms with Gasteiger partial charge in [0.2, 0.25) is 0 Å². The van der Waals surface area contributed by atoms with E-state index in [1.54, 1.807) is 0 Å². The van der Waals surface area contributed by atoms with Crippen LogP contribution in [0.1, 0.15) is 22.3 Å². The second kappa shape index (κ2) is 13.3. The molecule has 0 unspecified atom stereocenters. The van der Waals surface area contributed by atoms with Crippen molar-refractivity contribution in [2.45, 2.75) is 27.7 Å². The molecule has 0 N–H and O–H groups in total. The molecule has 0 saturated carbocycles. The number of fused-ring (bicyclic) bond motifs is 2. The quantitative estimate of drug-likeness (QED) is 0.225. The number of aryl methyl sites for hydroxylation is 4. The van der Waals surface area contributed by atoms with Crippen LogP contribution < -0.4 is 24.8 Å². The van der Waals surface area contributed by atoms with Crippen LogP contribution in [0.15, 0.2) is 109 Å². The number of hydrogen-bond donors (Lipinski definition) is 0. The molecule has 0 aromatic heterocycles. The normalized spacial score (nSPS) is 10.1. The van der Waals surface area contributed by atoms with Gasteiger partial charge in [-0.05, 0) is 13.8 Å². The molecule has 0 atom stereocenters. The van der Waals surface area contributed by atoms with E-state index in [-0.39, 0.29) is 46.5 Å². The molecule has 0 aliphatic heterocycles.